The lowest BCUT2D eigenvalue weighted by molar-refractivity contribution is 0.413. The van der Waals surface area contributed by atoms with Crippen molar-refractivity contribution in [2.45, 2.75) is 17.9 Å². The van der Waals surface area contributed by atoms with E-state index in [1.165, 1.54) is 11.4 Å². The Morgan fingerprint density at radius 2 is 1.82 bits per heavy atom. The van der Waals surface area contributed by atoms with Crippen molar-refractivity contribution in [3.8, 4) is 0 Å². The molecule has 0 amide bonds. The van der Waals surface area contributed by atoms with Gasteiger partial charge in [-0.3, -0.25) is 4.21 Å². The molecule has 0 saturated carbocycles. The van der Waals surface area contributed by atoms with Crippen LogP contribution in [-0.4, -0.2) is 42.0 Å². The Hall–Kier alpha value is -0.720. The van der Waals surface area contributed by atoms with Crippen LogP contribution in [0.4, 0.5) is 0 Å². The fraction of sp³-hybridized carbons (Fsp3) is 0.455. The quantitative estimate of drug-likeness (QED) is 0.808. The summed E-state index contributed by atoms with van der Waals surface area (Å²) in [6.07, 6.45) is 1.57. The van der Waals surface area contributed by atoms with Gasteiger partial charge in [0.15, 0.2) is 0 Å². The predicted molar refractivity (Wildman–Crippen MR) is 69.8 cm³/mol. The van der Waals surface area contributed by atoms with Crippen molar-refractivity contribution >= 4 is 20.8 Å². The third-order valence-electron chi connectivity index (χ3n) is 2.52. The van der Waals surface area contributed by atoms with Gasteiger partial charge < -0.3 is 0 Å². The molecule has 0 bridgehead atoms. The van der Waals surface area contributed by atoms with Gasteiger partial charge in [0.2, 0.25) is 10.0 Å². The maximum atomic E-state index is 12.2. The van der Waals surface area contributed by atoms with Crippen LogP contribution in [-0.2, 0) is 20.8 Å². The van der Waals surface area contributed by atoms with Crippen LogP contribution in [0.5, 0.6) is 0 Å². The fourth-order valence-corrected chi connectivity index (χ4v) is 3.82. The highest BCUT2D eigenvalue weighted by Gasteiger charge is 2.25. The van der Waals surface area contributed by atoms with Crippen molar-refractivity contribution in [1.29, 1.82) is 0 Å². The first kappa shape index (κ1) is 14.3. The van der Waals surface area contributed by atoms with Gasteiger partial charge in [0.05, 0.1) is 4.90 Å². The van der Waals surface area contributed by atoms with Crippen molar-refractivity contribution in [3.05, 3.63) is 30.3 Å². The molecule has 1 rings (SSSR count). The molecule has 0 aliphatic heterocycles. The van der Waals surface area contributed by atoms with Crippen LogP contribution in [0.2, 0.25) is 0 Å². The van der Waals surface area contributed by atoms with E-state index in [1.54, 1.807) is 43.5 Å². The molecule has 6 heteroatoms. The number of benzene rings is 1. The van der Waals surface area contributed by atoms with Crippen molar-refractivity contribution in [2.75, 3.05) is 19.1 Å². The number of hydrogen-bond acceptors (Lipinski definition) is 3. The Balaban J connectivity index is 2.95. The minimum atomic E-state index is -3.48. The molecule has 0 aromatic heterocycles. The third-order valence-corrected chi connectivity index (χ3v) is 5.45. The smallest absolute Gasteiger partial charge is 0.243 e. The topological polar surface area (TPSA) is 54.5 Å². The van der Waals surface area contributed by atoms with E-state index >= 15 is 0 Å². The van der Waals surface area contributed by atoms with Gasteiger partial charge in [-0.05, 0) is 19.1 Å². The number of rotatable bonds is 5. The van der Waals surface area contributed by atoms with Crippen molar-refractivity contribution in [2.24, 2.45) is 0 Å². The molecule has 2 atom stereocenters. The number of sulfonamides is 1. The standard InChI is InChI=1S/C11H17NO3S2/c1-10(9-16(3)13)12(2)17(14,15)11-7-5-4-6-8-11/h4-8,10H,9H2,1-3H3. The summed E-state index contributed by atoms with van der Waals surface area (Å²) in [5, 5.41) is 0. The maximum Gasteiger partial charge on any atom is 0.243 e. The summed E-state index contributed by atoms with van der Waals surface area (Å²) in [6.45, 7) is 1.75. The lowest BCUT2D eigenvalue weighted by atomic mass is 10.4. The van der Waals surface area contributed by atoms with Gasteiger partial charge in [0.1, 0.15) is 0 Å². The molecule has 4 nitrogen and oxygen atoms in total. The summed E-state index contributed by atoms with van der Waals surface area (Å²) >= 11 is 0. The van der Waals surface area contributed by atoms with Gasteiger partial charge in [-0.2, -0.15) is 4.31 Å². The fourth-order valence-electron chi connectivity index (χ4n) is 1.44. The first-order chi connectivity index (χ1) is 7.85. The molecule has 0 saturated heterocycles. The van der Waals surface area contributed by atoms with Crippen LogP contribution in [0.25, 0.3) is 0 Å². The van der Waals surface area contributed by atoms with Crippen molar-refractivity contribution < 1.29 is 12.6 Å². The molecule has 0 radical (unpaired) electrons. The molecule has 1 aromatic rings. The minimum absolute atomic E-state index is 0.260. The second-order valence-corrected chi connectivity index (χ2v) is 7.40. The Labute approximate surface area is 105 Å². The highest BCUT2D eigenvalue weighted by atomic mass is 32.2. The van der Waals surface area contributed by atoms with Crippen LogP contribution in [0.1, 0.15) is 6.92 Å². The van der Waals surface area contributed by atoms with Crippen LogP contribution >= 0.6 is 0 Å². The Morgan fingerprint density at radius 3 is 2.29 bits per heavy atom. The van der Waals surface area contributed by atoms with E-state index in [0.717, 1.165) is 0 Å². The second kappa shape index (κ2) is 5.75. The van der Waals surface area contributed by atoms with Gasteiger partial charge in [0.25, 0.3) is 0 Å². The molecule has 1 aromatic carbocycles. The summed E-state index contributed by atoms with van der Waals surface area (Å²) in [7, 11) is -2.98. The molecule has 0 aliphatic rings. The van der Waals surface area contributed by atoms with E-state index in [0.29, 0.717) is 5.75 Å². The second-order valence-electron chi connectivity index (χ2n) is 3.92. The third kappa shape index (κ3) is 3.62. The van der Waals surface area contributed by atoms with Crippen molar-refractivity contribution in [3.63, 3.8) is 0 Å². The Bertz CT molecular complexity index is 485. The van der Waals surface area contributed by atoms with Crippen LogP contribution in [0.15, 0.2) is 35.2 Å². The SMILES string of the molecule is CC(CS(C)=O)N(C)S(=O)(=O)c1ccccc1. The van der Waals surface area contributed by atoms with E-state index in [4.69, 9.17) is 0 Å². The zero-order valence-electron chi connectivity index (χ0n) is 10.2. The molecule has 0 N–H and O–H groups in total. The summed E-state index contributed by atoms with van der Waals surface area (Å²) < 4.78 is 36.7. The highest BCUT2D eigenvalue weighted by Crippen LogP contribution is 2.16. The van der Waals surface area contributed by atoms with E-state index in [1.807, 2.05) is 0 Å². The lowest BCUT2D eigenvalue weighted by Crippen LogP contribution is -2.38. The van der Waals surface area contributed by atoms with Gasteiger partial charge >= 0.3 is 0 Å². The van der Waals surface area contributed by atoms with Crippen molar-refractivity contribution in [1.82, 2.24) is 4.31 Å². The molecular weight excluding hydrogens is 258 g/mol. The normalized spacial score (nSPS) is 15.8. The zero-order chi connectivity index (χ0) is 13.1. The van der Waals surface area contributed by atoms with E-state index in [2.05, 4.69) is 0 Å². The average molecular weight is 275 g/mol. The van der Waals surface area contributed by atoms with Gasteiger partial charge in [-0.15, -0.1) is 0 Å². The van der Waals surface area contributed by atoms with Crippen LogP contribution in [0, 0.1) is 0 Å². The summed E-state index contributed by atoms with van der Waals surface area (Å²) in [5.41, 5.74) is 0. The van der Waals surface area contributed by atoms with E-state index in [9.17, 15) is 12.6 Å². The van der Waals surface area contributed by atoms with Crippen LogP contribution in [0.3, 0.4) is 0 Å². The summed E-state index contributed by atoms with van der Waals surface area (Å²) in [4.78, 5) is 0.260. The van der Waals surface area contributed by atoms with Gasteiger partial charge in [-0.1, -0.05) is 18.2 Å². The summed E-state index contributed by atoms with van der Waals surface area (Å²) in [5.74, 6) is 0.336. The largest absolute Gasteiger partial charge is 0.260 e. The Morgan fingerprint density at radius 1 is 1.29 bits per heavy atom. The van der Waals surface area contributed by atoms with Crippen LogP contribution < -0.4 is 0 Å². The predicted octanol–water partition coefficient (Wildman–Crippen LogP) is 1.07. The monoisotopic (exact) mass is 275 g/mol. The molecule has 0 fully saturated rings. The summed E-state index contributed by atoms with van der Waals surface area (Å²) in [6, 6.07) is 7.96. The lowest BCUT2D eigenvalue weighted by Gasteiger charge is -2.23. The first-order valence-electron chi connectivity index (χ1n) is 5.19. The number of hydrogen-bond donors (Lipinski definition) is 0. The molecule has 0 spiro atoms. The highest BCUT2D eigenvalue weighted by molar-refractivity contribution is 7.89. The van der Waals surface area contributed by atoms with E-state index in [-0.39, 0.29) is 10.9 Å². The van der Waals surface area contributed by atoms with Gasteiger partial charge in [0, 0.05) is 35.9 Å². The minimum Gasteiger partial charge on any atom is -0.260 e. The number of nitrogens with zero attached hydrogens (tertiary/aromatic N) is 1. The maximum absolute atomic E-state index is 12.2. The molecular formula is C11H17NO3S2. The van der Waals surface area contributed by atoms with Gasteiger partial charge in [-0.25, -0.2) is 8.42 Å². The Kier molecular flexibility index (Phi) is 4.85. The molecule has 0 aliphatic carbocycles. The first-order valence-corrected chi connectivity index (χ1v) is 8.35. The molecule has 96 valence electrons. The zero-order valence-corrected chi connectivity index (χ0v) is 11.8. The van der Waals surface area contributed by atoms with E-state index < -0.39 is 20.8 Å². The molecule has 17 heavy (non-hydrogen) atoms. The average Bonchev–Trinajstić information content (AvgIpc) is 2.28. The molecule has 2 unspecified atom stereocenters. The molecule has 0 heterocycles.